The Morgan fingerprint density at radius 1 is 0.792 bits per heavy atom. The first kappa shape index (κ1) is 31.8. The second-order valence-electron chi connectivity index (χ2n) is 12.2. The fourth-order valence-electron chi connectivity index (χ4n) is 5.05. The summed E-state index contributed by atoms with van der Waals surface area (Å²) in [6.45, 7) is 5.72. The first-order valence-electron chi connectivity index (χ1n) is 15.5. The fraction of sp³-hybridized carbons (Fsp3) is 0.158. The van der Waals surface area contributed by atoms with Crippen LogP contribution < -0.4 is 20.7 Å². The summed E-state index contributed by atoms with van der Waals surface area (Å²) in [5.74, 6) is 1.11. The van der Waals surface area contributed by atoms with E-state index in [1.54, 1.807) is 42.1 Å². The molecule has 0 aliphatic heterocycles. The molecule has 0 saturated heterocycles. The normalized spacial score (nSPS) is 11.2. The van der Waals surface area contributed by atoms with Crippen molar-refractivity contribution in [1.29, 1.82) is 0 Å². The van der Waals surface area contributed by atoms with Gasteiger partial charge in [0.05, 0.1) is 24.5 Å². The van der Waals surface area contributed by atoms with Crippen LogP contribution in [0.3, 0.4) is 0 Å². The van der Waals surface area contributed by atoms with Gasteiger partial charge in [0.25, 0.3) is 5.91 Å². The summed E-state index contributed by atoms with van der Waals surface area (Å²) in [6, 6.07) is 34.6. The summed E-state index contributed by atoms with van der Waals surface area (Å²) < 4.78 is 12.4. The predicted molar refractivity (Wildman–Crippen MR) is 188 cm³/mol. The van der Waals surface area contributed by atoms with Crippen molar-refractivity contribution in [2.24, 2.45) is 0 Å². The Kier molecular flexibility index (Phi) is 9.06. The Morgan fingerprint density at radius 2 is 1.48 bits per heavy atom. The van der Waals surface area contributed by atoms with Crippen LogP contribution in [0.2, 0.25) is 0 Å². The maximum Gasteiger partial charge on any atom is 0.407 e. The molecule has 2 amide bonds. The van der Waals surface area contributed by atoms with Crippen LogP contribution in [0.1, 0.15) is 36.7 Å². The van der Waals surface area contributed by atoms with E-state index in [1.807, 2.05) is 87.5 Å². The smallest absolute Gasteiger partial charge is 0.407 e. The van der Waals surface area contributed by atoms with E-state index in [2.05, 4.69) is 39.2 Å². The average Bonchev–Trinajstić information content (AvgIpc) is 3.57. The molecule has 2 heterocycles. The highest BCUT2D eigenvalue weighted by Gasteiger charge is 2.16. The average molecular weight is 641 g/mol. The van der Waals surface area contributed by atoms with Gasteiger partial charge in [0.2, 0.25) is 5.95 Å². The third-order valence-corrected chi connectivity index (χ3v) is 7.40. The zero-order chi connectivity index (χ0) is 33.7. The molecule has 6 rings (SSSR count). The van der Waals surface area contributed by atoms with E-state index in [0.29, 0.717) is 23.7 Å². The lowest BCUT2D eigenvalue weighted by molar-refractivity contribution is 0.0523. The van der Waals surface area contributed by atoms with E-state index in [0.717, 1.165) is 44.9 Å². The Balaban J connectivity index is 1.13. The van der Waals surface area contributed by atoms with E-state index in [4.69, 9.17) is 14.5 Å². The number of fused-ring (bicyclic) bond motifs is 1. The number of rotatable bonds is 9. The molecule has 0 bridgehead atoms. The number of ether oxygens (including phenoxy) is 2. The maximum absolute atomic E-state index is 12.9. The molecule has 2 aromatic heterocycles. The number of carbonyl (C=O) groups is 2. The molecule has 0 unspecified atom stereocenters. The van der Waals surface area contributed by atoms with Crippen molar-refractivity contribution < 1.29 is 19.1 Å². The lowest BCUT2D eigenvalue weighted by atomic mass is 10.0. The van der Waals surface area contributed by atoms with Crippen molar-refractivity contribution in [3.63, 3.8) is 0 Å². The van der Waals surface area contributed by atoms with E-state index in [-0.39, 0.29) is 5.91 Å². The number of nitrogens with one attached hydrogen (secondary N) is 3. The van der Waals surface area contributed by atoms with E-state index in [1.165, 1.54) is 0 Å². The molecule has 48 heavy (non-hydrogen) atoms. The molecule has 10 nitrogen and oxygen atoms in total. The molecule has 0 radical (unpaired) electrons. The van der Waals surface area contributed by atoms with Crippen molar-refractivity contribution in [3.8, 4) is 28.1 Å². The van der Waals surface area contributed by atoms with Crippen molar-refractivity contribution in [1.82, 2.24) is 19.9 Å². The zero-order valence-corrected chi connectivity index (χ0v) is 27.2. The summed E-state index contributed by atoms with van der Waals surface area (Å²) in [4.78, 5) is 29.8. The molecule has 6 aromatic rings. The Bertz CT molecular complexity index is 2060. The van der Waals surface area contributed by atoms with E-state index < -0.39 is 11.7 Å². The molecule has 242 valence electrons. The number of nitrogens with zero attached hydrogens (tertiary/aromatic N) is 3. The number of hydrogen-bond acceptors (Lipinski definition) is 7. The SMILES string of the molecule is COc1cccc(-c2cccc(-c3cc4ccnn4c(Nc4ccc(NC(=O)c5ccc(CNC(=O)OC(C)(C)C)cc5)cc4)n3)c2)c1. The van der Waals surface area contributed by atoms with Gasteiger partial charge in [0.1, 0.15) is 11.4 Å². The van der Waals surface area contributed by atoms with Crippen molar-refractivity contribution in [2.75, 3.05) is 17.7 Å². The van der Waals surface area contributed by atoms with Gasteiger partial charge in [-0.2, -0.15) is 5.10 Å². The summed E-state index contributed by atoms with van der Waals surface area (Å²) in [7, 11) is 1.66. The molecule has 0 saturated carbocycles. The number of benzene rings is 4. The minimum Gasteiger partial charge on any atom is -0.497 e. The number of hydrogen-bond donors (Lipinski definition) is 3. The number of anilines is 3. The molecule has 0 fully saturated rings. The van der Waals surface area contributed by atoms with E-state index >= 15 is 0 Å². The maximum atomic E-state index is 12.9. The topological polar surface area (TPSA) is 119 Å². The number of amides is 2. The van der Waals surface area contributed by atoms with Gasteiger partial charge in [-0.1, -0.05) is 42.5 Å². The van der Waals surface area contributed by atoms with Crippen molar-refractivity contribution in [2.45, 2.75) is 32.9 Å². The predicted octanol–water partition coefficient (Wildman–Crippen LogP) is 8.09. The van der Waals surface area contributed by atoms with Crippen molar-refractivity contribution >= 4 is 34.8 Å². The Hall–Kier alpha value is -6.16. The van der Waals surface area contributed by atoms with Crippen molar-refractivity contribution in [3.05, 3.63) is 127 Å². The number of carbonyl (C=O) groups excluding carboxylic acids is 2. The zero-order valence-electron chi connectivity index (χ0n) is 27.2. The molecule has 10 heteroatoms. The molecule has 0 aliphatic carbocycles. The van der Waals surface area contributed by atoms with Gasteiger partial charge in [0, 0.05) is 29.0 Å². The molecule has 0 spiro atoms. The van der Waals surface area contributed by atoms with Gasteiger partial charge < -0.3 is 25.4 Å². The van der Waals surface area contributed by atoms with Crippen LogP contribution in [0.5, 0.6) is 5.75 Å². The second-order valence-corrected chi connectivity index (χ2v) is 12.2. The van der Waals surface area contributed by atoms with Gasteiger partial charge in [-0.3, -0.25) is 4.79 Å². The van der Waals surface area contributed by atoms with Crippen LogP contribution in [0, 0.1) is 0 Å². The fourth-order valence-corrected chi connectivity index (χ4v) is 5.05. The quantitative estimate of drug-likeness (QED) is 0.146. The van der Waals surface area contributed by atoms with Crippen LogP contribution >= 0.6 is 0 Å². The standard InChI is InChI=1S/C38H36N6O4/c1-38(2,3)48-37(46)39-24-25-11-13-26(14-12-25)35(45)41-30-15-17-31(18-16-30)42-36-43-34(23-32-19-20-40-44(32)36)29-9-5-7-27(21-29)28-8-6-10-33(22-28)47-4/h5-23H,24H2,1-4H3,(H,39,46)(H,41,45)(H,42,43). The molecular weight excluding hydrogens is 604 g/mol. The third kappa shape index (κ3) is 7.79. The van der Waals surface area contributed by atoms with E-state index in [9.17, 15) is 9.59 Å². The largest absolute Gasteiger partial charge is 0.497 e. The summed E-state index contributed by atoms with van der Waals surface area (Å²) in [5.41, 5.74) is 6.96. The minimum atomic E-state index is -0.569. The second kappa shape index (κ2) is 13.7. The molecule has 0 aliphatic rings. The summed E-state index contributed by atoms with van der Waals surface area (Å²) in [5, 5.41) is 13.5. The summed E-state index contributed by atoms with van der Waals surface area (Å²) in [6.07, 6.45) is 1.25. The number of aromatic nitrogens is 3. The van der Waals surface area contributed by atoms with Crippen LogP contribution in [0.4, 0.5) is 22.1 Å². The van der Waals surface area contributed by atoms with Gasteiger partial charge in [-0.15, -0.1) is 0 Å². The molecular formula is C38H36N6O4. The van der Waals surface area contributed by atoms with Crippen LogP contribution in [0.25, 0.3) is 27.9 Å². The van der Waals surface area contributed by atoms with Crippen LogP contribution in [-0.4, -0.2) is 39.3 Å². The van der Waals surface area contributed by atoms with Gasteiger partial charge >= 0.3 is 6.09 Å². The first-order valence-corrected chi connectivity index (χ1v) is 15.5. The number of methoxy groups -OCH3 is 1. The number of alkyl carbamates (subject to hydrolysis) is 1. The monoisotopic (exact) mass is 640 g/mol. The van der Waals surface area contributed by atoms with Crippen LogP contribution in [-0.2, 0) is 11.3 Å². The molecule has 0 atom stereocenters. The van der Waals surface area contributed by atoms with Gasteiger partial charge in [-0.25, -0.2) is 14.3 Å². The highest BCUT2D eigenvalue weighted by Crippen LogP contribution is 2.30. The summed E-state index contributed by atoms with van der Waals surface area (Å²) >= 11 is 0. The first-order chi connectivity index (χ1) is 23.1. The lowest BCUT2D eigenvalue weighted by Crippen LogP contribution is -2.32. The third-order valence-electron chi connectivity index (χ3n) is 7.40. The molecule has 3 N–H and O–H groups in total. The Labute approximate surface area is 278 Å². The van der Waals surface area contributed by atoms with Gasteiger partial charge in [-0.05, 0) is 104 Å². The highest BCUT2D eigenvalue weighted by molar-refractivity contribution is 6.04. The Morgan fingerprint density at radius 3 is 2.21 bits per heavy atom. The highest BCUT2D eigenvalue weighted by atomic mass is 16.6. The molecule has 4 aromatic carbocycles. The lowest BCUT2D eigenvalue weighted by Gasteiger charge is -2.19. The van der Waals surface area contributed by atoms with Gasteiger partial charge in [0.15, 0.2) is 0 Å². The van der Waals surface area contributed by atoms with Crippen LogP contribution in [0.15, 0.2) is 115 Å². The minimum absolute atomic E-state index is 0.244.